The number of nitrogens with one attached hydrogen (secondary N) is 2. The van der Waals surface area contributed by atoms with Gasteiger partial charge in [-0.15, -0.1) is 11.8 Å². The highest BCUT2D eigenvalue weighted by Gasteiger charge is 2.16. The van der Waals surface area contributed by atoms with Gasteiger partial charge in [0.25, 0.3) is 5.91 Å². The Morgan fingerprint density at radius 3 is 2.27 bits per heavy atom. The van der Waals surface area contributed by atoms with Gasteiger partial charge in [-0.25, -0.2) is 4.79 Å². The summed E-state index contributed by atoms with van der Waals surface area (Å²) < 4.78 is 5.19. The molecule has 138 valence electrons. The summed E-state index contributed by atoms with van der Waals surface area (Å²) in [6.45, 7) is 5.98. The van der Waals surface area contributed by atoms with Gasteiger partial charge in [0, 0.05) is 28.4 Å². The predicted molar refractivity (Wildman–Crippen MR) is 106 cm³/mol. The molecule has 26 heavy (non-hydrogen) atoms. The highest BCUT2D eigenvalue weighted by atomic mass is 32.2. The van der Waals surface area contributed by atoms with Crippen LogP contribution in [-0.2, 0) is 4.74 Å². The molecule has 2 aromatic rings. The number of ether oxygens (including phenoxy) is 1. The van der Waals surface area contributed by atoms with Gasteiger partial charge in [-0.1, -0.05) is 18.2 Å². The Balaban J connectivity index is 1.76. The molecular formula is C20H24N2O3S. The van der Waals surface area contributed by atoms with Crippen molar-refractivity contribution in [2.24, 2.45) is 0 Å². The zero-order valence-electron chi connectivity index (χ0n) is 15.2. The van der Waals surface area contributed by atoms with Crippen molar-refractivity contribution in [2.75, 3.05) is 17.6 Å². The Labute approximate surface area is 158 Å². The van der Waals surface area contributed by atoms with E-state index in [-0.39, 0.29) is 5.91 Å². The van der Waals surface area contributed by atoms with Gasteiger partial charge in [-0.05, 0) is 57.2 Å². The summed E-state index contributed by atoms with van der Waals surface area (Å²) in [5.74, 6) is 0.663. The Hall–Kier alpha value is -2.47. The molecule has 0 atom stereocenters. The van der Waals surface area contributed by atoms with E-state index in [2.05, 4.69) is 10.6 Å². The summed E-state index contributed by atoms with van der Waals surface area (Å²) in [6, 6.07) is 16.8. The monoisotopic (exact) mass is 372 g/mol. The van der Waals surface area contributed by atoms with Crippen LogP contribution in [0.25, 0.3) is 0 Å². The molecule has 0 aliphatic carbocycles. The molecule has 0 saturated heterocycles. The van der Waals surface area contributed by atoms with Crippen LogP contribution in [0.3, 0.4) is 0 Å². The number of anilines is 1. The average molecular weight is 372 g/mol. The quantitative estimate of drug-likeness (QED) is 0.576. The molecule has 0 spiro atoms. The summed E-state index contributed by atoms with van der Waals surface area (Å²) >= 11 is 1.70. The maximum absolute atomic E-state index is 12.1. The Morgan fingerprint density at radius 2 is 1.65 bits per heavy atom. The first-order chi connectivity index (χ1) is 12.3. The van der Waals surface area contributed by atoms with Crippen LogP contribution in [-0.4, -0.2) is 29.9 Å². The van der Waals surface area contributed by atoms with Gasteiger partial charge in [0.2, 0.25) is 0 Å². The number of hydrogen-bond donors (Lipinski definition) is 2. The van der Waals surface area contributed by atoms with Crippen molar-refractivity contribution >= 4 is 29.4 Å². The van der Waals surface area contributed by atoms with Gasteiger partial charge in [0.05, 0.1) is 0 Å². The molecule has 0 saturated carbocycles. The van der Waals surface area contributed by atoms with E-state index in [4.69, 9.17) is 4.74 Å². The topological polar surface area (TPSA) is 67.4 Å². The molecule has 2 aromatic carbocycles. The van der Waals surface area contributed by atoms with E-state index in [1.54, 1.807) is 56.8 Å². The van der Waals surface area contributed by atoms with Gasteiger partial charge in [-0.2, -0.15) is 0 Å². The van der Waals surface area contributed by atoms with Gasteiger partial charge >= 0.3 is 6.09 Å². The predicted octanol–water partition coefficient (Wildman–Crippen LogP) is 4.56. The Morgan fingerprint density at radius 1 is 1.00 bits per heavy atom. The van der Waals surface area contributed by atoms with E-state index in [1.807, 2.05) is 30.3 Å². The van der Waals surface area contributed by atoms with Crippen molar-refractivity contribution in [1.29, 1.82) is 0 Å². The maximum Gasteiger partial charge on any atom is 0.412 e. The van der Waals surface area contributed by atoms with Gasteiger partial charge in [-0.3, -0.25) is 10.1 Å². The number of thioether (sulfide) groups is 1. The van der Waals surface area contributed by atoms with Crippen LogP contribution in [0.1, 0.15) is 31.1 Å². The number of benzene rings is 2. The standard InChI is InChI=1S/C20H24N2O3S/c1-20(2,3)25-19(24)22-16-11-9-15(10-12-16)18(23)21-13-14-26-17-7-5-4-6-8-17/h4-12H,13-14H2,1-3H3,(H,21,23)(H,22,24). The Kier molecular flexibility index (Phi) is 7.09. The molecule has 0 fully saturated rings. The molecule has 0 heterocycles. The summed E-state index contributed by atoms with van der Waals surface area (Å²) in [4.78, 5) is 25.0. The number of amides is 2. The van der Waals surface area contributed by atoms with E-state index < -0.39 is 11.7 Å². The normalized spacial score (nSPS) is 10.9. The third-order valence-electron chi connectivity index (χ3n) is 3.19. The molecule has 2 rings (SSSR count). The highest BCUT2D eigenvalue weighted by Crippen LogP contribution is 2.16. The van der Waals surface area contributed by atoms with E-state index in [0.717, 1.165) is 5.75 Å². The fraction of sp³-hybridized carbons (Fsp3) is 0.300. The molecule has 2 N–H and O–H groups in total. The maximum atomic E-state index is 12.1. The first kappa shape index (κ1) is 19.8. The lowest BCUT2D eigenvalue weighted by atomic mass is 10.2. The van der Waals surface area contributed by atoms with Gasteiger partial charge in [0.15, 0.2) is 0 Å². The molecule has 0 aromatic heterocycles. The van der Waals surface area contributed by atoms with Crippen molar-refractivity contribution < 1.29 is 14.3 Å². The van der Waals surface area contributed by atoms with Crippen molar-refractivity contribution in [1.82, 2.24) is 5.32 Å². The molecule has 6 heteroatoms. The second-order valence-corrected chi connectivity index (χ2v) is 7.79. The first-order valence-electron chi connectivity index (χ1n) is 8.39. The van der Waals surface area contributed by atoms with Crippen LogP contribution in [0.15, 0.2) is 59.5 Å². The second kappa shape index (κ2) is 9.29. The first-order valence-corrected chi connectivity index (χ1v) is 9.38. The van der Waals surface area contributed by atoms with Crippen LogP contribution in [0.4, 0.5) is 10.5 Å². The van der Waals surface area contributed by atoms with E-state index in [1.165, 1.54) is 4.90 Å². The molecular weight excluding hydrogens is 348 g/mol. The number of rotatable bonds is 6. The van der Waals surface area contributed by atoms with E-state index in [9.17, 15) is 9.59 Å². The lowest BCUT2D eigenvalue weighted by Gasteiger charge is -2.19. The van der Waals surface area contributed by atoms with Crippen LogP contribution in [0.2, 0.25) is 0 Å². The fourth-order valence-electron chi connectivity index (χ4n) is 2.08. The smallest absolute Gasteiger partial charge is 0.412 e. The largest absolute Gasteiger partial charge is 0.444 e. The minimum Gasteiger partial charge on any atom is -0.444 e. The zero-order chi connectivity index (χ0) is 19.0. The zero-order valence-corrected chi connectivity index (χ0v) is 16.1. The summed E-state index contributed by atoms with van der Waals surface area (Å²) in [5, 5.41) is 5.53. The van der Waals surface area contributed by atoms with Gasteiger partial charge < -0.3 is 10.1 Å². The second-order valence-electron chi connectivity index (χ2n) is 6.62. The number of carbonyl (C=O) groups is 2. The van der Waals surface area contributed by atoms with E-state index in [0.29, 0.717) is 17.8 Å². The molecule has 0 unspecified atom stereocenters. The van der Waals surface area contributed by atoms with Crippen LogP contribution in [0.5, 0.6) is 0 Å². The number of carbonyl (C=O) groups excluding carboxylic acids is 2. The van der Waals surface area contributed by atoms with Crippen LogP contribution < -0.4 is 10.6 Å². The third kappa shape index (κ3) is 7.19. The average Bonchev–Trinajstić information content (AvgIpc) is 2.58. The molecule has 0 bridgehead atoms. The molecule has 2 amide bonds. The molecule has 0 aliphatic rings. The van der Waals surface area contributed by atoms with Crippen LogP contribution in [0, 0.1) is 0 Å². The SMILES string of the molecule is CC(C)(C)OC(=O)Nc1ccc(C(=O)NCCSc2ccccc2)cc1. The van der Waals surface area contributed by atoms with Crippen LogP contribution >= 0.6 is 11.8 Å². The molecule has 0 aliphatic heterocycles. The third-order valence-corrected chi connectivity index (χ3v) is 4.21. The van der Waals surface area contributed by atoms with Gasteiger partial charge in [0.1, 0.15) is 5.60 Å². The summed E-state index contributed by atoms with van der Waals surface area (Å²) in [7, 11) is 0. The minimum atomic E-state index is -0.554. The van der Waals surface area contributed by atoms with Crippen molar-refractivity contribution in [3.05, 3.63) is 60.2 Å². The molecule has 5 nitrogen and oxygen atoms in total. The summed E-state index contributed by atoms with van der Waals surface area (Å²) in [6.07, 6.45) is -0.521. The minimum absolute atomic E-state index is 0.137. The highest BCUT2D eigenvalue weighted by molar-refractivity contribution is 7.99. The van der Waals surface area contributed by atoms with Crippen molar-refractivity contribution in [3.8, 4) is 0 Å². The molecule has 0 radical (unpaired) electrons. The van der Waals surface area contributed by atoms with E-state index >= 15 is 0 Å². The lowest BCUT2D eigenvalue weighted by molar-refractivity contribution is 0.0635. The van der Waals surface area contributed by atoms with Crippen molar-refractivity contribution in [2.45, 2.75) is 31.3 Å². The fourth-order valence-corrected chi connectivity index (χ4v) is 2.87. The lowest BCUT2D eigenvalue weighted by Crippen LogP contribution is -2.27. The Bertz CT molecular complexity index is 725. The summed E-state index contributed by atoms with van der Waals surface area (Å²) in [5.41, 5.74) is 0.571. The van der Waals surface area contributed by atoms with Crippen molar-refractivity contribution in [3.63, 3.8) is 0 Å². The number of hydrogen-bond acceptors (Lipinski definition) is 4.